The number of hydrogen-bond acceptors (Lipinski definition) is 15. The van der Waals surface area contributed by atoms with Crippen LogP contribution >= 0.6 is 0 Å². The van der Waals surface area contributed by atoms with Gasteiger partial charge in [0.25, 0.3) is 0 Å². The highest BCUT2D eigenvalue weighted by Crippen LogP contribution is 2.26. The highest BCUT2D eigenvalue weighted by Gasteiger charge is 2.46. The maximum absolute atomic E-state index is 9.27. The summed E-state index contributed by atoms with van der Waals surface area (Å²) < 4.78 is 0. The van der Waals surface area contributed by atoms with Crippen LogP contribution in [0.25, 0.3) is 0 Å². The van der Waals surface area contributed by atoms with Gasteiger partial charge >= 0.3 is 7.32 Å². The molecule has 0 aliphatic rings. The first-order valence-corrected chi connectivity index (χ1v) is 8.68. The molecule has 0 heterocycles. The lowest BCUT2D eigenvalue weighted by molar-refractivity contribution is -0.395. The molecule has 0 N–H and O–H groups in total. The molecule has 16 heteroatoms. The van der Waals surface area contributed by atoms with Gasteiger partial charge in [-0.05, 0) is 20.8 Å². The lowest BCUT2D eigenvalue weighted by Gasteiger charge is -2.26. The molecule has 0 aromatic rings. The van der Waals surface area contributed by atoms with Crippen LogP contribution < -0.4 is 0 Å². The van der Waals surface area contributed by atoms with Gasteiger partial charge in [0.15, 0.2) is 17.8 Å². The van der Waals surface area contributed by atoms with Gasteiger partial charge in [-0.15, -0.1) is 0 Å². The van der Waals surface area contributed by atoms with E-state index in [1.807, 2.05) is 0 Å². The van der Waals surface area contributed by atoms with Crippen molar-refractivity contribution in [2.45, 2.75) is 37.6 Å². The second kappa shape index (κ2) is 12.9. The van der Waals surface area contributed by atoms with Gasteiger partial charge in [0, 0.05) is 0 Å². The monoisotopic (exact) mass is 461 g/mol. The molecule has 0 rings (SSSR count). The van der Waals surface area contributed by atoms with Crippen molar-refractivity contribution in [3.8, 4) is 54.6 Å². The molecule has 0 aromatic heterocycles. The Morgan fingerprint density at radius 1 is 0.471 bits per heavy atom. The van der Waals surface area contributed by atoms with Crippen LogP contribution in [0.4, 0.5) is 0 Å². The minimum absolute atomic E-state index is 0.991. The molecule has 0 saturated carbocycles. The molecule has 168 valence electrons. The van der Waals surface area contributed by atoms with E-state index in [1.165, 1.54) is 54.6 Å². The van der Waals surface area contributed by atoms with Gasteiger partial charge in [0.05, 0.1) is 36.4 Å². The Morgan fingerprint density at radius 2 is 0.676 bits per heavy atom. The van der Waals surface area contributed by atoms with E-state index in [-0.39, 0.29) is 0 Å². The summed E-state index contributed by atoms with van der Waals surface area (Å²) in [5.41, 5.74) is -6.68. The van der Waals surface area contributed by atoms with Crippen molar-refractivity contribution in [1.82, 2.24) is 0 Å². The molecule has 0 amide bonds. The standard InChI is InChI=1S/C18H12BN9O6/c1-16(10-26,13(4-20)5-21)29-32-19(33-30-17(2,11-27)14(6-22)7-23)34-31-18(3,12-28)15(8-24)9-25/h13-15H,1-3H3. The van der Waals surface area contributed by atoms with E-state index in [0.29, 0.717) is 0 Å². The molecule has 0 aromatic carbocycles. The second-order valence-corrected chi connectivity index (χ2v) is 6.56. The molecule has 0 saturated heterocycles. The number of nitriles is 9. The fraction of sp³-hybridized carbons (Fsp3) is 0.500. The Kier molecular flexibility index (Phi) is 11.1. The summed E-state index contributed by atoms with van der Waals surface area (Å²) in [6.45, 7) is 2.97. The van der Waals surface area contributed by atoms with Crippen LogP contribution in [-0.4, -0.2) is 24.1 Å². The highest BCUT2D eigenvalue weighted by atomic mass is 17.3. The number of nitrogens with zero attached hydrogens (tertiary/aromatic N) is 9. The van der Waals surface area contributed by atoms with Crippen molar-refractivity contribution in [2.24, 2.45) is 17.8 Å². The maximum atomic E-state index is 9.27. The van der Waals surface area contributed by atoms with Gasteiger partial charge in [0.1, 0.15) is 18.2 Å². The summed E-state index contributed by atoms with van der Waals surface area (Å²) >= 11 is 0. The molecular formula is C18H12BN9O6. The zero-order valence-electron chi connectivity index (χ0n) is 17.8. The van der Waals surface area contributed by atoms with E-state index in [4.69, 9.17) is 46.2 Å². The van der Waals surface area contributed by atoms with Crippen LogP contribution in [0.15, 0.2) is 0 Å². The van der Waals surface area contributed by atoms with Crippen molar-refractivity contribution in [3.05, 3.63) is 0 Å². The molecule has 0 aliphatic carbocycles. The smallest absolute Gasteiger partial charge is 0.228 e. The first-order valence-electron chi connectivity index (χ1n) is 8.68. The average molecular weight is 461 g/mol. The summed E-state index contributed by atoms with van der Waals surface area (Å²) in [7, 11) is -2.37. The fourth-order valence-corrected chi connectivity index (χ4v) is 1.69. The van der Waals surface area contributed by atoms with Gasteiger partial charge < -0.3 is 0 Å². The van der Waals surface area contributed by atoms with Crippen molar-refractivity contribution in [1.29, 1.82) is 47.4 Å². The van der Waals surface area contributed by atoms with Crippen molar-refractivity contribution in [3.63, 3.8) is 0 Å². The van der Waals surface area contributed by atoms with E-state index in [2.05, 4.69) is 14.4 Å². The molecule has 3 unspecified atom stereocenters. The molecule has 0 aliphatic heterocycles. The Labute approximate surface area is 194 Å². The van der Waals surface area contributed by atoms with Gasteiger partial charge in [-0.25, -0.2) is 29.1 Å². The van der Waals surface area contributed by atoms with Crippen LogP contribution in [0.2, 0.25) is 0 Å². The third kappa shape index (κ3) is 6.87. The van der Waals surface area contributed by atoms with Gasteiger partial charge in [-0.1, -0.05) is 0 Å². The Hall–Kier alpha value is -4.77. The largest absolute Gasteiger partial charge is 0.725 e. The normalized spacial score (nSPS) is 15.1. The molecule has 3 atom stereocenters. The second-order valence-electron chi connectivity index (χ2n) is 6.56. The Morgan fingerprint density at radius 3 is 0.824 bits per heavy atom. The molecule has 15 nitrogen and oxygen atoms in total. The number of rotatable bonds is 12. The van der Waals surface area contributed by atoms with E-state index in [1.54, 1.807) is 0 Å². The van der Waals surface area contributed by atoms with Crippen LogP contribution in [-0.2, 0) is 29.1 Å². The highest BCUT2D eigenvalue weighted by molar-refractivity contribution is 6.35. The molecule has 0 fully saturated rings. The third-order valence-electron chi connectivity index (χ3n) is 3.99. The van der Waals surface area contributed by atoms with Crippen LogP contribution in [0, 0.1) is 120 Å². The predicted octanol–water partition coefficient (Wildman–Crippen LogP) is 0.653. The zero-order chi connectivity index (χ0) is 26.4. The topological polar surface area (TPSA) is 269 Å². The number of hydrogen-bond donors (Lipinski definition) is 0. The average Bonchev–Trinajstić information content (AvgIpc) is 2.85. The predicted molar refractivity (Wildman–Crippen MR) is 98.5 cm³/mol. The van der Waals surface area contributed by atoms with E-state index < -0.39 is 41.9 Å². The van der Waals surface area contributed by atoms with Crippen LogP contribution in [0.5, 0.6) is 0 Å². The Balaban J connectivity index is 5.90. The van der Waals surface area contributed by atoms with Crippen molar-refractivity contribution in [2.75, 3.05) is 0 Å². The summed E-state index contributed by atoms with van der Waals surface area (Å²) in [5, 5.41) is 81.8. The molecular weight excluding hydrogens is 449 g/mol. The summed E-state index contributed by atoms with van der Waals surface area (Å²) in [5.74, 6) is -5.05. The minimum atomic E-state index is -2.37. The van der Waals surface area contributed by atoms with Crippen LogP contribution in [0.3, 0.4) is 0 Å². The Bertz CT molecular complexity index is 952. The van der Waals surface area contributed by atoms with Gasteiger partial charge in [-0.2, -0.15) is 47.4 Å². The first kappa shape index (κ1) is 29.2. The molecule has 0 radical (unpaired) electrons. The fourth-order valence-electron chi connectivity index (χ4n) is 1.69. The third-order valence-corrected chi connectivity index (χ3v) is 3.99. The lowest BCUT2D eigenvalue weighted by atomic mass is 9.93. The van der Waals surface area contributed by atoms with Gasteiger partial charge in [-0.3, -0.25) is 0 Å². The van der Waals surface area contributed by atoms with Gasteiger partial charge in [0.2, 0.25) is 16.8 Å². The molecule has 34 heavy (non-hydrogen) atoms. The molecule has 0 spiro atoms. The summed E-state index contributed by atoms with van der Waals surface area (Å²) in [4.78, 5) is 28.4. The van der Waals surface area contributed by atoms with Crippen molar-refractivity contribution >= 4 is 7.32 Å². The van der Waals surface area contributed by atoms with Crippen LogP contribution in [0.1, 0.15) is 20.8 Å². The molecule has 0 bridgehead atoms. The van der Waals surface area contributed by atoms with E-state index in [0.717, 1.165) is 20.8 Å². The summed E-state index contributed by atoms with van der Waals surface area (Å²) in [6.07, 6.45) is 0. The van der Waals surface area contributed by atoms with Crippen molar-refractivity contribution < 1.29 is 29.1 Å². The quantitative estimate of drug-likeness (QED) is 0.219. The minimum Gasteiger partial charge on any atom is -0.228 e. The first-order chi connectivity index (χ1) is 16.0. The zero-order valence-corrected chi connectivity index (χ0v) is 17.8. The van der Waals surface area contributed by atoms with E-state index in [9.17, 15) is 15.8 Å². The maximum Gasteiger partial charge on any atom is 0.725 e. The van der Waals surface area contributed by atoms with E-state index >= 15 is 0 Å². The SMILES string of the molecule is CC(C#N)(OOB(OOC(C)(C#N)C(C#N)C#N)OOC(C)(C#N)C(C#N)C#N)C(C#N)C#N. The summed E-state index contributed by atoms with van der Waals surface area (Å²) in [6, 6.07) is 13.5. The lowest BCUT2D eigenvalue weighted by Crippen LogP contribution is -2.44.